The Kier molecular flexibility index (Phi) is 4.65. The highest BCUT2D eigenvalue weighted by Gasteiger charge is 2.10. The van der Waals surface area contributed by atoms with Crippen LogP contribution < -0.4 is 10.6 Å². The molecule has 0 aliphatic rings. The Labute approximate surface area is 119 Å². The van der Waals surface area contributed by atoms with E-state index in [4.69, 9.17) is 5.73 Å². The van der Waals surface area contributed by atoms with E-state index in [1.807, 2.05) is 0 Å². The summed E-state index contributed by atoms with van der Waals surface area (Å²) >= 11 is 1.14. The van der Waals surface area contributed by atoms with Crippen molar-refractivity contribution in [1.82, 2.24) is 4.57 Å². The number of nitrogens with two attached hydrogens (primary N) is 1. The van der Waals surface area contributed by atoms with Crippen molar-refractivity contribution in [2.45, 2.75) is 19.4 Å². The number of hydrogen-bond acceptors (Lipinski definition) is 5. The molecule has 0 spiro atoms. The van der Waals surface area contributed by atoms with Gasteiger partial charge in [0.15, 0.2) is 0 Å². The lowest BCUT2D eigenvalue weighted by Gasteiger charge is -2.07. The number of nitrogens with zero attached hydrogens (tertiary/aromatic N) is 2. The van der Waals surface area contributed by atoms with Gasteiger partial charge in [-0.15, -0.1) is 0 Å². The molecule has 6 nitrogen and oxygen atoms in total. The van der Waals surface area contributed by atoms with Crippen molar-refractivity contribution in [2.75, 3.05) is 6.54 Å². The van der Waals surface area contributed by atoms with Gasteiger partial charge >= 0.3 is 4.87 Å². The molecular weight excluding hydrogens is 278 g/mol. The number of hydrogen-bond donors (Lipinski definition) is 1. The minimum absolute atomic E-state index is 0.0182. The van der Waals surface area contributed by atoms with E-state index in [2.05, 4.69) is 0 Å². The Balaban J connectivity index is 2.28. The molecule has 2 N–H and O–H groups in total. The third-order valence-electron chi connectivity index (χ3n) is 2.99. The molecule has 0 aliphatic carbocycles. The van der Waals surface area contributed by atoms with E-state index >= 15 is 0 Å². The first-order valence-electron chi connectivity index (χ1n) is 6.26. The maximum absolute atomic E-state index is 11.8. The summed E-state index contributed by atoms with van der Waals surface area (Å²) in [5.74, 6) is 0. The molecule has 0 unspecified atom stereocenters. The third kappa shape index (κ3) is 3.12. The zero-order valence-electron chi connectivity index (χ0n) is 10.8. The van der Waals surface area contributed by atoms with Crippen LogP contribution in [0.5, 0.6) is 0 Å². The average Bonchev–Trinajstić information content (AvgIpc) is 2.81. The number of unbranched alkanes of at least 4 members (excludes halogenated alkanes) is 1. The van der Waals surface area contributed by atoms with Crippen molar-refractivity contribution in [3.05, 3.63) is 49.4 Å². The molecule has 20 heavy (non-hydrogen) atoms. The van der Waals surface area contributed by atoms with Gasteiger partial charge in [0, 0.05) is 24.1 Å². The van der Waals surface area contributed by atoms with Gasteiger partial charge in [0.1, 0.15) is 0 Å². The molecule has 0 aliphatic heterocycles. The molecule has 0 radical (unpaired) electrons. The van der Waals surface area contributed by atoms with Gasteiger partial charge in [-0.2, -0.15) is 0 Å². The molecule has 0 fully saturated rings. The van der Waals surface area contributed by atoms with Crippen molar-refractivity contribution in [3.8, 4) is 11.3 Å². The first-order valence-corrected chi connectivity index (χ1v) is 7.14. The second-order valence-corrected chi connectivity index (χ2v) is 5.16. The van der Waals surface area contributed by atoms with E-state index in [-0.39, 0.29) is 10.6 Å². The van der Waals surface area contributed by atoms with E-state index in [1.165, 1.54) is 12.1 Å². The highest BCUT2D eigenvalue weighted by Crippen LogP contribution is 2.23. The Morgan fingerprint density at radius 1 is 1.25 bits per heavy atom. The molecule has 0 saturated carbocycles. The number of nitro benzene ring substituents is 1. The lowest BCUT2D eigenvalue weighted by atomic mass is 10.1. The van der Waals surface area contributed by atoms with Crippen LogP contribution in [0.4, 0.5) is 5.69 Å². The molecule has 0 atom stereocenters. The number of rotatable bonds is 6. The van der Waals surface area contributed by atoms with Crippen LogP contribution in [0.2, 0.25) is 0 Å². The molecule has 106 valence electrons. The van der Waals surface area contributed by atoms with Crippen molar-refractivity contribution < 1.29 is 4.92 Å². The monoisotopic (exact) mass is 293 g/mol. The minimum atomic E-state index is -0.439. The molecule has 0 bridgehead atoms. The normalized spacial score (nSPS) is 10.7. The fourth-order valence-corrected chi connectivity index (χ4v) is 2.73. The quantitative estimate of drug-likeness (QED) is 0.502. The van der Waals surface area contributed by atoms with Crippen LogP contribution in [0.1, 0.15) is 12.8 Å². The van der Waals surface area contributed by atoms with Gasteiger partial charge in [-0.1, -0.05) is 11.3 Å². The predicted octanol–water partition coefficient (Wildman–Crippen LogP) is 2.22. The summed E-state index contributed by atoms with van der Waals surface area (Å²) < 4.78 is 1.70. The molecule has 1 heterocycles. The highest BCUT2D eigenvalue weighted by atomic mass is 32.1. The average molecular weight is 293 g/mol. The predicted molar refractivity (Wildman–Crippen MR) is 79.0 cm³/mol. The van der Waals surface area contributed by atoms with Crippen LogP contribution in [0.3, 0.4) is 0 Å². The van der Waals surface area contributed by atoms with E-state index in [1.54, 1.807) is 22.1 Å². The first-order chi connectivity index (χ1) is 9.63. The van der Waals surface area contributed by atoms with Crippen LogP contribution >= 0.6 is 11.3 Å². The largest absolute Gasteiger partial charge is 0.330 e. The summed E-state index contributed by atoms with van der Waals surface area (Å²) in [5.41, 5.74) is 7.10. The molecule has 7 heteroatoms. The summed E-state index contributed by atoms with van der Waals surface area (Å²) in [7, 11) is 0. The lowest BCUT2D eigenvalue weighted by molar-refractivity contribution is -0.384. The van der Waals surface area contributed by atoms with Crippen LogP contribution in [-0.4, -0.2) is 16.0 Å². The summed E-state index contributed by atoms with van der Waals surface area (Å²) in [6, 6.07) is 6.22. The van der Waals surface area contributed by atoms with Crippen molar-refractivity contribution in [1.29, 1.82) is 0 Å². The first kappa shape index (κ1) is 14.4. The number of benzene rings is 1. The maximum atomic E-state index is 11.8. The topological polar surface area (TPSA) is 91.2 Å². The molecule has 1 aromatic heterocycles. The summed E-state index contributed by atoms with van der Waals surface area (Å²) in [6.45, 7) is 1.22. The summed E-state index contributed by atoms with van der Waals surface area (Å²) in [4.78, 5) is 22.0. The van der Waals surface area contributed by atoms with Gasteiger partial charge in [0.25, 0.3) is 5.69 Å². The SMILES string of the molecule is NCCCCn1c(-c2ccc([N+](=O)[O-])cc2)csc1=O. The van der Waals surface area contributed by atoms with E-state index in [9.17, 15) is 14.9 Å². The summed E-state index contributed by atoms with van der Waals surface area (Å²) in [6.07, 6.45) is 1.70. The molecule has 2 aromatic rings. The van der Waals surface area contributed by atoms with Crippen LogP contribution in [0, 0.1) is 10.1 Å². The van der Waals surface area contributed by atoms with E-state index in [0.29, 0.717) is 13.1 Å². The van der Waals surface area contributed by atoms with E-state index in [0.717, 1.165) is 35.4 Å². The molecule has 1 aromatic carbocycles. The van der Waals surface area contributed by atoms with Gasteiger partial charge in [-0.25, -0.2) is 0 Å². The summed E-state index contributed by atoms with van der Waals surface area (Å²) in [5, 5.41) is 12.4. The molecule has 2 rings (SSSR count). The Hall–Kier alpha value is -1.99. The minimum Gasteiger partial charge on any atom is -0.330 e. The van der Waals surface area contributed by atoms with E-state index < -0.39 is 4.92 Å². The number of nitro groups is 1. The van der Waals surface area contributed by atoms with Crippen molar-refractivity contribution >= 4 is 17.0 Å². The Morgan fingerprint density at radius 2 is 1.95 bits per heavy atom. The van der Waals surface area contributed by atoms with Crippen LogP contribution in [-0.2, 0) is 6.54 Å². The van der Waals surface area contributed by atoms with Crippen LogP contribution in [0.25, 0.3) is 11.3 Å². The zero-order valence-corrected chi connectivity index (χ0v) is 11.6. The van der Waals surface area contributed by atoms with Gasteiger partial charge in [-0.3, -0.25) is 19.5 Å². The van der Waals surface area contributed by atoms with Gasteiger partial charge in [0.05, 0.1) is 10.6 Å². The number of aromatic nitrogens is 1. The highest BCUT2D eigenvalue weighted by molar-refractivity contribution is 7.07. The maximum Gasteiger partial charge on any atom is 0.307 e. The fourth-order valence-electron chi connectivity index (χ4n) is 1.94. The van der Waals surface area contributed by atoms with Gasteiger partial charge in [0.2, 0.25) is 0 Å². The van der Waals surface area contributed by atoms with Gasteiger partial charge in [-0.05, 0) is 37.1 Å². The molecular formula is C13H15N3O3S. The van der Waals surface area contributed by atoms with Crippen molar-refractivity contribution in [3.63, 3.8) is 0 Å². The second kappa shape index (κ2) is 6.44. The third-order valence-corrected chi connectivity index (χ3v) is 3.76. The van der Waals surface area contributed by atoms with Crippen LogP contribution in [0.15, 0.2) is 34.4 Å². The second-order valence-electron chi connectivity index (χ2n) is 4.34. The standard InChI is InChI=1S/C13H15N3O3S/c14-7-1-2-8-15-12(9-20-13(15)17)10-3-5-11(6-4-10)16(18)19/h3-6,9H,1-2,7-8,14H2. The fraction of sp³-hybridized carbons (Fsp3) is 0.308. The number of non-ortho nitro benzene ring substituents is 1. The smallest absolute Gasteiger partial charge is 0.307 e. The van der Waals surface area contributed by atoms with Gasteiger partial charge < -0.3 is 5.73 Å². The Morgan fingerprint density at radius 3 is 2.55 bits per heavy atom. The molecule has 0 saturated heterocycles. The van der Waals surface area contributed by atoms with Crippen molar-refractivity contribution in [2.24, 2.45) is 5.73 Å². The zero-order chi connectivity index (χ0) is 14.5. The molecule has 0 amide bonds. The Bertz CT molecular complexity index is 646. The number of thiazole rings is 1. The lowest BCUT2D eigenvalue weighted by Crippen LogP contribution is -2.15.